The number of nitrogens with two attached hydrogens (primary N) is 2. The summed E-state index contributed by atoms with van der Waals surface area (Å²) in [5, 5.41) is 9.65. The van der Waals surface area contributed by atoms with Crippen LogP contribution in [0.15, 0.2) is 24.3 Å². The summed E-state index contributed by atoms with van der Waals surface area (Å²) in [4.78, 5) is 24.7. The molecule has 0 spiro atoms. The molecule has 6 heteroatoms. The second-order valence-corrected chi connectivity index (χ2v) is 4.74. The number of likely N-dealkylation sites (tertiary alicyclic amines) is 1. The topological polar surface area (TPSA) is 110 Å². The van der Waals surface area contributed by atoms with Crippen LogP contribution in [0.25, 0.3) is 6.08 Å². The number of anilines is 1. The molecule has 1 heterocycles. The molecule has 2 rings (SSSR count). The molecule has 6 nitrogen and oxygen atoms in total. The fraction of sp³-hybridized carbons (Fsp3) is 0.286. The number of hydrogen-bond donors (Lipinski definition) is 3. The van der Waals surface area contributed by atoms with E-state index in [0.29, 0.717) is 24.2 Å². The van der Waals surface area contributed by atoms with Gasteiger partial charge in [0.25, 0.3) is 0 Å². The van der Waals surface area contributed by atoms with Gasteiger partial charge in [0.05, 0.1) is 0 Å². The Morgan fingerprint density at radius 2 is 2.15 bits per heavy atom. The molecule has 0 aliphatic carbocycles. The summed E-state index contributed by atoms with van der Waals surface area (Å²) in [6.07, 6.45) is 4.15. The van der Waals surface area contributed by atoms with Crippen molar-refractivity contribution in [3.05, 3.63) is 29.8 Å². The fourth-order valence-corrected chi connectivity index (χ4v) is 2.29. The molecule has 5 N–H and O–H groups in total. The molecular weight excluding hydrogens is 258 g/mol. The van der Waals surface area contributed by atoms with Gasteiger partial charge in [-0.15, -0.1) is 0 Å². The third-order valence-corrected chi connectivity index (χ3v) is 3.32. The maximum atomic E-state index is 12.0. The summed E-state index contributed by atoms with van der Waals surface area (Å²) in [6.45, 7) is 0.514. The molecule has 0 saturated carbocycles. The van der Waals surface area contributed by atoms with E-state index >= 15 is 0 Å². The first-order valence-electron chi connectivity index (χ1n) is 6.35. The number of benzene rings is 1. The van der Waals surface area contributed by atoms with Crippen LogP contribution in [0.5, 0.6) is 5.75 Å². The zero-order chi connectivity index (χ0) is 14.7. The van der Waals surface area contributed by atoms with Crippen LogP contribution in [0.2, 0.25) is 0 Å². The van der Waals surface area contributed by atoms with Crippen LogP contribution >= 0.6 is 0 Å². The van der Waals surface area contributed by atoms with Crippen LogP contribution in [-0.4, -0.2) is 34.4 Å². The number of phenolic OH excluding ortho intramolecular Hbond substituents is 1. The number of phenols is 1. The Bertz CT molecular complexity index is 569. The quantitative estimate of drug-likeness (QED) is 0.423. The van der Waals surface area contributed by atoms with Crippen LogP contribution in [0.3, 0.4) is 0 Å². The molecule has 2 amide bonds. The van der Waals surface area contributed by atoms with Gasteiger partial charge in [0, 0.05) is 23.9 Å². The number of nitrogens with zero attached hydrogens (tertiary/aromatic N) is 1. The first kappa shape index (κ1) is 13.9. The largest absolute Gasteiger partial charge is 0.507 e. The first-order chi connectivity index (χ1) is 9.49. The van der Waals surface area contributed by atoms with Crippen molar-refractivity contribution in [2.45, 2.75) is 18.9 Å². The number of nitrogen functional groups attached to an aromatic ring is 1. The Hall–Kier alpha value is -2.50. The molecule has 1 unspecified atom stereocenters. The maximum absolute atomic E-state index is 12.0. The van der Waals surface area contributed by atoms with Gasteiger partial charge in [-0.2, -0.15) is 0 Å². The predicted octanol–water partition coefficient (Wildman–Crippen LogP) is 0.464. The van der Waals surface area contributed by atoms with E-state index in [0.717, 1.165) is 6.42 Å². The maximum Gasteiger partial charge on any atom is 0.247 e. The summed E-state index contributed by atoms with van der Waals surface area (Å²) < 4.78 is 0. The Labute approximate surface area is 116 Å². The highest BCUT2D eigenvalue weighted by Gasteiger charge is 2.31. The van der Waals surface area contributed by atoms with Crippen molar-refractivity contribution in [3.8, 4) is 5.75 Å². The van der Waals surface area contributed by atoms with Crippen molar-refractivity contribution in [1.29, 1.82) is 0 Å². The lowest BCUT2D eigenvalue weighted by Crippen LogP contribution is -2.43. The summed E-state index contributed by atoms with van der Waals surface area (Å²) in [7, 11) is 0. The molecule has 106 valence electrons. The Morgan fingerprint density at radius 1 is 1.40 bits per heavy atom. The van der Waals surface area contributed by atoms with E-state index in [1.54, 1.807) is 12.1 Å². The Kier molecular flexibility index (Phi) is 3.93. The van der Waals surface area contributed by atoms with E-state index in [4.69, 9.17) is 11.5 Å². The average Bonchev–Trinajstić information content (AvgIpc) is 2.89. The van der Waals surface area contributed by atoms with Gasteiger partial charge in [-0.1, -0.05) is 0 Å². The zero-order valence-corrected chi connectivity index (χ0v) is 11.0. The van der Waals surface area contributed by atoms with Gasteiger partial charge >= 0.3 is 0 Å². The standard InChI is InChI=1S/C14H17N3O3/c15-10-4-5-12(18)9(8-10)3-6-13(19)17-7-1-2-11(17)14(16)20/h3-6,8,11,18H,1-2,7,15H2,(H2,16,20). The molecule has 1 fully saturated rings. The molecule has 20 heavy (non-hydrogen) atoms. The number of carbonyl (C=O) groups excluding carboxylic acids is 2. The second kappa shape index (κ2) is 5.64. The molecule has 0 bridgehead atoms. The molecule has 0 aromatic heterocycles. The summed E-state index contributed by atoms with van der Waals surface area (Å²) >= 11 is 0. The van der Waals surface area contributed by atoms with Crippen LogP contribution in [0.4, 0.5) is 5.69 Å². The highest BCUT2D eigenvalue weighted by Crippen LogP contribution is 2.22. The lowest BCUT2D eigenvalue weighted by atomic mass is 10.1. The predicted molar refractivity (Wildman–Crippen MR) is 75.5 cm³/mol. The van der Waals surface area contributed by atoms with Gasteiger partial charge in [-0.3, -0.25) is 9.59 Å². The summed E-state index contributed by atoms with van der Waals surface area (Å²) in [6, 6.07) is 4.05. The second-order valence-electron chi connectivity index (χ2n) is 4.74. The number of hydrogen-bond acceptors (Lipinski definition) is 4. The highest BCUT2D eigenvalue weighted by molar-refractivity contribution is 5.96. The molecule has 1 atom stereocenters. The Balaban J connectivity index is 2.13. The van der Waals surface area contributed by atoms with Crippen molar-refractivity contribution in [2.24, 2.45) is 5.73 Å². The van der Waals surface area contributed by atoms with E-state index in [2.05, 4.69) is 0 Å². The summed E-state index contributed by atoms with van der Waals surface area (Å²) in [5.74, 6) is -0.750. The third-order valence-electron chi connectivity index (χ3n) is 3.32. The van der Waals surface area contributed by atoms with E-state index < -0.39 is 11.9 Å². The van der Waals surface area contributed by atoms with Crippen molar-refractivity contribution in [3.63, 3.8) is 0 Å². The minimum absolute atomic E-state index is 0.0381. The molecule has 1 aliphatic rings. The lowest BCUT2D eigenvalue weighted by Gasteiger charge is -2.20. The van der Waals surface area contributed by atoms with E-state index in [9.17, 15) is 14.7 Å². The van der Waals surface area contributed by atoms with Crippen LogP contribution < -0.4 is 11.5 Å². The summed E-state index contributed by atoms with van der Waals surface area (Å²) in [5.41, 5.74) is 11.8. The van der Waals surface area contributed by atoms with Crippen LogP contribution in [-0.2, 0) is 9.59 Å². The van der Waals surface area contributed by atoms with Crippen molar-refractivity contribution < 1.29 is 14.7 Å². The number of carbonyl (C=O) groups is 2. The van der Waals surface area contributed by atoms with Gasteiger partial charge in [0.1, 0.15) is 11.8 Å². The van der Waals surface area contributed by atoms with E-state index in [1.165, 1.54) is 23.1 Å². The van der Waals surface area contributed by atoms with Gasteiger partial charge < -0.3 is 21.5 Å². The molecule has 1 aliphatic heterocycles. The molecule has 1 aromatic carbocycles. The van der Waals surface area contributed by atoms with Crippen molar-refractivity contribution >= 4 is 23.6 Å². The molecule has 0 radical (unpaired) electrons. The van der Waals surface area contributed by atoms with Crippen LogP contribution in [0.1, 0.15) is 18.4 Å². The molecule has 1 saturated heterocycles. The monoisotopic (exact) mass is 275 g/mol. The minimum atomic E-state index is -0.540. The van der Waals surface area contributed by atoms with E-state index in [-0.39, 0.29) is 11.7 Å². The molecular formula is C14H17N3O3. The zero-order valence-electron chi connectivity index (χ0n) is 11.0. The van der Waals surface area contributed by atoms with Crippen molar-refractivity contribution in [1.82, 2.24) is 4.90 Å². The average molecular weight is 275 g/mol. The third kappa shape index (κ3) is 2.90. The highest BCUT2D eigenvalue weighted by atomic mass is 16.3. The smallest absolute Gasteiger partial charge is 0.247 e. The van der Waals surface area contributed by atoms with Crippen molar-refractivity contribution in [2.75, 3.05) is 12.3 Å². The number of aromatic hydroxyl groups is 1. The van der Waals surface area contributed by atoms with Crippen LogP contribution in [0, 0.1) is 0 Å². The number of amides is 2. The number of primary amides is 1. The lowest BCUT2D eigenvalue weighted by molar-refractivity contribution is -0.133. The Morgan fingerprint density at radius 3 is 2.85 bits per heavy atom. The fourth-order valence-electron chi connectivity index (χ4n) is 2.29. The number of rotatable bonds is 3. The molecule has 1 aromatic rings. The van der Waals surface area contributed by atoms with E-state index in [1.807, 2.05) is 0 Å². The SMILES string of the molecule is NC(=O)C1CCCN1C(=O)C=Cc1cc(N)ccc1O. The normalized spacial score (nSPS) is 18.6. The van der Waals surface area contributed by atoms with Gasteiger partial charge in [-0.05, 0) is 37.1 Å². The minimum Gasteiger partial charge on any atom is -0.507 e. The van der Waals surface area contributed by atoms with Gasteiger partial charge in [0.15, 0.2) is 0 Å². The first-order valence-corrected chi connectivity index (χ1v) is 6.35. The van der Waals surface area contributed by atoms with Gasteiger partial charge in [0.2, 0.25) is 11.8 Å². The van der Waals surface area contributed by atoms with Gasteiger partial charge in [-0.25, -0.2) is 0 Å².